The maximum Gasteiger partial charge on any atom is 0.339 e. The molecule has 4 aromatic rings. The quantitative estimate of drug-likeness (QED) is 0.451. The van der Waals surface area contributed by atoms with Crippen LogP contribution in [0.5, 0.6) is 0 Å². The van der Waals surface area contributed by atoms with Gasteiger partial charge in [0.05, 0.1) is 16.8 Å². The summed E-state index contributed by atoms with van der Waals surface area (Å²) < 4.78 is 9.66. The Balaban J connectivity index is 1.79. The average molecular weight is 396 g/mol. The van der Waals surface area contributed by atoms with Crippen molar-refractivity contribution in [3.8, 4) is 11.3 Å². The first-order chi connectivity index (χ1) is 13.1. The molecule has 0 aliphatic heterocycles. The number of hydrogen-bond donors (Lipinski definition) is 0. The second-order valence-corrected chi connectivity index (χ2v) is 7.27. The van der Waals surface area contributed by atoms with Gasteiger partial charge >= 0.3 is 5.97 Å². The molecule has 0 radical (unpaired) electrons. The van der Waals surface area contributed by atoms with Gasteiger partial charge in [-0.25, -0.2) is 9.78 Å². The Bertz CT molecular complexity index is 1130. The van der Waals surface area contributed by atoms with Crippen LogP contribution in [0.25, 0.3) is 22.2 Å². The van der Waals surface area contributed by atoms with Gasteiger partial charge in [-0.15, -0.1) is 5.10 Å². The maximum atomic E-state index is 12.9. The van der Waals surface area contributed by atoms with Gasteiger partial charge in [-0.1, -0.05) is 64.6 Å². The number of pyridine rings is 1. The van der Waals surface area contributed by atoms with Crippen LogP contribution in [0.4, 0.5) is 0 Å². The molecule has 27 heavy (non-hydrogen) atoms. The Morgan fingerprint density at radius 2 is 1.85 bits per heavy atom. The molecular weight excluding hydrogens is 382 g/mol. The van der Waals surface area contributed by atoms with E-state index in [1.54, 1.807) is 0 Å². The van der Waals surface area contributed by atoms with E-state index in [9.17, 15) is 4.79 Å². The Kier molecular flexibility index (Phi) is 4.83. The maximum absolute atomic E-state index is 12.9. The van der Waals surface area contributed by atoms with Crippen molar-refractivity contribution in [2.24, 2.45) is 0 Å². The predicted octanol–water partition coefficient (Wildman–Crippen LogP) is 5.07. The van der Waals surface area contributed by atoms with E-state index in [0.717, 1.165) is 39.3 Å². The lowest BCUT2D eigenvalue weighted by atomic mass is 9.98. The van der Waals surface area contributed by atoms with Gasteiger partial charge < -0.3 is 4.74 Å². The van der Waals surface area contributed by atoms with E-state index in [2.05, 4.69) is 9.59 Å². The molecule has 0 unspecified atom stereocenters. The van der Waals surface area contributed by atoms with Crippen molar-refractivity contribution < 1.29 is 9.53 Å². The van der Waals surface area contributed by atoms with E-state index in [-0.39, 0.29) is 6.61 Å². The number of benzene rings is 2. The van der Waals surface area contributed by atoms with Gasteiger partial charge in [0.15, 0.2) is 0 Å². The molecule has 0 bridgehead atoms. The molecule has 0 saturated heterocycles. The van der Waals surface area contributed by atoms with Gasteiger partial charge in [-0.2, -0.15) is 0 Å². The van der Waals surface area contributed by atoms with Gasteiger partial charge in [0, 0.05) is 22.5 Å². The minimum Gasteiger partial charge on any atom is -0.455 e. The number of nitrogens with zero attached hydrogens (tertiary/aromatic N) is 3. The Morgan fingerprint density at radius 3 is 2.59 bits per heavy atom. The summed E-state index contributed by atoms with van der Waals surface area (Å²) in [7, 11) is 0. The molecule has 4 rings (SSSR count). The van der Waals surface area contributed by atoms with Crippen molar-refractivity contribution in [1.82, 2.24) is 14.6 Å². The monoisotopic (exact) mass is 395 g/mol. The van der Waals surface area contributed by atoms with E-state index in [1.165, 1.54) is 0 Å². The molecular formula is C20H14ClN3O2S. The third-order valence-corrected chi connectivity index (χ3v) is 5.22. The zero-order valence-electron chi connectivity index (χ0n) is 14.3. The molecule has 0 fully saturated rings. The molecule has 0 amide bonds. The largest absolute Gasteiger partial charge is 0.455 e. The number of rotatable bonds is 4. The number of esters is 1. The highest BCUT2D eigenvalue weighted by atomic mass is 35.5. The summed E-state index contributed by atoms with van der Waals surface area (Å²) in [5.74, 6) is -0.438. The number of hydrogen-bond acceptors (Lipinski definition) is 6. The van der Waals surface area contributed by atoms with Gasteiger partial charge in [0.1, 0.15) is 16.6 Å². The fourth-order valence-corrected chi connectivity index (χ4v) is 3.54. The summed E-state index contributed by atoms with van der Waals surface area (Å²) in [6.07, 6.45) is 0. The van der Waals surface area contributed by atoms with E-state index in [0.29, 0.717) is 15.6 Å². The molecule has 0 aliphatic carbocycles. The van der Waals surface area contributed by atoms with Crippen molar-refractivity contribution in [3.05, 3.63) is 75.8 Å². The number of aromatic nitrogens is 3. The van der Waals surface area contributed by atoms with Crippen LogP contribution in [0.15, 0.2) is 54.6 Å². The first-order valence-electron chi connectivity index (χ1n) is 8.24. The number of fused-ring (bicyclic) bond motifs is 1. The Hall–Kier alpha value is -2.83. The minimum absolute atomic E-state index is 0.0229. The third kappa shape index (κ3) is 3.41. The average Bonchev–Trinajstić information content (AvgIpc) is 3.11. The lowest BCUT2D eigenvalue weighted by Gasteiger charge is -2.14. The number of ether oxygens (including phenoxy) is 1. The van der Waals surface area contributed by atoms with Crippen LogP contribution in [0.1, 0.15) is 21.6 Å². The van der Waals surface area contributed by atoms with E-state index in [4.69, 9.17) is 21.3 Å². The number of carbonyl (C=O) groups excluding carboxylic acids is 1. The molecule has 0 N–H and O–H groups in total. The second kappa shape index (κ2) is 7.42. The van der Waals surface area contributed by atoms with Crippen LogP contribution < -0.4 is 0 Å². The lowest BCUT2D eigenvalue weighted by Crippen LogP contribution is -2.10. The van der Waals surface area contributed by atoms with Crippen molar-refractivity contribution >= 4 is 40.0 Å². The van der Waals surface area contributed by atoms with Crippen LogP contribution in [-0.4, -0.2) is 20.5 Å². The molecule has 7 heteroatoms. The highest BCUT2D eigenvalue weighted by Gasteiger charge is 2.20. The van der Waals surface area contributed by atoms with Gasteiger partial charge in [0.25, 0.3) is 0 Å². The molecule has 134 valence electrons. The normalized spacial score (nSPS) is 10.9. The molecule has 0 saturated carbocycles. The number of para-hydroxylation sites is 1. The molecule has 5 nitrogen and oxygen atoms in total. The summed E-state index contributed by atoms with van der Waals surface area (Å²) in [6, 6.07) is 17.3. The van der Waals surface area contributed by atoms with Crippen LogP contribution in [-0.2, 0) is 11.3 Å². The third-order valence-electron chi connectivity index (χ3n) is 4.24. The molecule has 0 spiro atoms. The van der Waals surface area contributed by atoms with Crippen molar-refractivity contribution in [1.29, 1.82) is 0 Å². The van der Waals surface area contributed by atoms with E-state index >= 15 is 0 Å². The van der Waals surface area contributed by atoms with Crippen molar-refractivity contribution in [2.75, 3.05) is 0 Å². The molecule has 2 heterocycles. The predicted molar refractivity (Wildman–Crippen MR) is 106 cm³/mol. The van der Waals surface area contributed by atoms with Crippen LogP contribution in [0.3, 0.4) is 0 Å². The SMILES string of the molecule is Cc1c(-c2ccccc2)nc2ccccc2c1C(=O)OCc1nnsc1Cl. The van der Waals surface area contributed by atoms with Gasteiger partial charge in [-0.05, 0) is 18.6 Å². The van der Waals surface area contributed by atoms with Crippen molar-refractivity contribution in [2.45, 2.75) is 13.5 Å². The van der Waals surface area contributed by atoms with Crippen LogP contribution in [0, 0.1) is 6.92 Å². The molecule has 0 atom stereocenters. The van der Waals surface area contributed by atoms with Gasteiger partial charge in [-0.3, -0.25) is 0 Å². The summed E-state index contributed by atoms with van der Waals surface area (Å²) in [5.41, 5.74) is 4.17. The van der Waals surface area contributed by atoms with Crippen LogP contribution >= 0.6 is 23.1 Å². The highest BCUT2D eigenvalue weighted by Crippen LogP contribution is 2.30. The topological polar surface area (TPSA) is 65.0 Å². The number of carbonyl (C=O) groups is 1. The molecule has 0 aliphatic rings. The smallest absolute Gasteiger partial charge is 0.339 e. The standard InChI is InChI=1S/C20H14ClN3O2S/c1-12-17(20(25)26-11-16-19(21)27-24-23-16)14-9-5-6-10-15(14)22-18(12)13-7-3-2-4-8-13/h2-10H,11H2,1H3. The van der Waals surface area contributed by atoms with E-state index < -0.39 is 5.97 Å². The van der Waals surface area contributed by atoms with Crippen LogP contribution in [0.2, 0.25) is 4.34 Å². The Morgan fingerprint density at radius 1 is 1.11 bits per heavy atom. The second-order valence-electron chi connectivity index (χ2n) is 5.91. The first-order valence-corrected chi connectivity index (χ1v) is 9.39. The Labute approximate surface area is 164 Å². The summed E-state index contributed by atoms with van der Waals surface area (Å²) >= 11 is 7.05. The van der Waals surface area contributed by atoms with Crippen molar-refractivity contribution in [3.63, 3.8) is 0 Å². The fraction of sp³-hybridized carbons (Fsp3) is 0.100. The lowest BCUT2D eigenvalue weighted by molar-refractivity contribution is 0.0469. The molecule has 2 aromatic carbocycles. The number of halogens is 1. The zero-order valence-corrected chi connectivity index (χ0v) is 15.9. The fourth-order valence-electron chi connectivity index (χ4n) is 2.94. The van der Waals surface area contributed by atoms with E-state index in [1.807, 2.05) is 61.5 Å². The summed E-state index contributed by atoms with van der Waals surface area (Å²) in [4.78, 5) is 17.7. The first kappa shape index (κ1) is 17.6. The van der Waals surface area contributed by atoms with Gasteiger partial charge in [0.2, 0.25) is 0 Å². The molecule has 2 aromatic heterocycles. The highest BCUT2D eigenvalue weighted by molar-refractivity contribution is 7.10. The minimum atomic E-state index is -0.438. The summed E-state index contributed by atoms with van der Waals surface area (Å²) in [6.45, 7) is 1.86. The summed E-state index contributed by atoms with van der Waals surface area (Å²) in [5, 5.41) is 4.63. The zero-order chi connectivity index (χ0) is 18.8.